The first-order valence-electron chi connectivity index (χ1n) is 11.6. The molecule has 1 saturated heterocycles. The van der Waals surface area contributed by atoms with Gasteiger partial charge in [-0.15, -0.1) is 0 Å². The highest BCUT2D eigenvalue weighted by atomic mass is 16.1. The zero-order valence-electron chi connectivity index (χ0n) is 19.0. The second kappa shape index (κ2) is 10.3. The van der Waals surface area contributed by atoms with E-state index < -0.39 is 0 Å². The molecule has 2 N–H and O–H groups in total. The molecule has 0 saturated carbocycles. The average molecular weight is 453 g/mol. The van der Waals surface area contributed by atoms with Crippen molar-refractivity contribution in [3.05, 3.63) is 103 Å². The number of piperidine rings is 1. The maximum Gasteiger partial charge on any atom is 0.270 e. The number of nitrogens with zero attached hydrogens (tertiary/aromatic N) is 4. The Morgan fingerprint density at radius 1 is 0.941 bits per heavy atom. The van der Waals surface area contributed by atoms with Crippen LogP contribution in [0.25, 0.3) is 5.69 Å². The van der Waals surface area contributed by atoms with Crippen LogP contribution >= 0.6 is 0 Å². The van der Waals surface area contributed by atoms with Gasteiger partial charge in [0, 0.05) is 49.4 Å². The molecule has 0 bridgehead atoms. The molecule has 0 unspecified atom stereocenters. The Hall–Kier alpha value is -3.97. The molecule has 1 aliphatic rings. The van der Waals surface area contributed by atoms with Crippen molar-refractivity contribution in [1.29, 1.82) is 0 Å². The number of hydrogen-bond acceptors (Lipinski definition) is 5. The van der Waals surface area contributed by atoms with Gasteiger partial charge in [-0.05, 0) is 54.8 Å². The summed E-state index contributed by atoms with van der Waals surface area (Å²) < 4.78 is 1.94. The largest absolute Gasteiger partial charge is 0.348 e. The quantitative estimate of drug-likeness (QED) is 0.435. The van der Waals surface area contributed by atoms with E-state index in [2.05, 4.69) is 49.8 Å². The number of nitrogens with one attached hydrogen (secondary N) is 2. The van der Waals surface area contributed by atoms with Crippen molar-refractivity contribution >= 4 is 17.4 Å². The Kier molecular flexibility index (Phi) is 6.63. The number of imidazole rings is 1. The van der Waals surface area contributed by atoms with Gasteiger partial charge in [0.15, 0.2) is 0 Å². The zero-order chi connectivity index (χ0) is 23.2. The van der Waals surface area contributed by atoms with Crippen molar-refractivity contribution in [2.24, 2.45) is 0 Å². The van der Waals surface area contributed by atoms with E-state index in [9.17, 15) is 4.79 Å². The summed E-state index contributed by atoms with van der Waals surface area (Å²) in [5.74, 6) is 0.515. The van der Waals surface area contributed by atoms with Gasteiger partial charge in [0.05, 0.1) is 6.33 Å². The summed E-state index contributed by atoms with van der Waals surface area (Å²) in [6.45, 7) is 2.91. The van der Waals surface area contributed by atoms with Gasteiger partial charge < -0.3 is 15.2 Å². The van der Waals surface area contributed by atoms with Crippen molar-refractivity contribution in [3.63, 3.8) is 0 Å². The van der Waals surface area contributed by atoms with Gasteiger partial charge in [-0.2, -0.15) is 0 Å². The van der Waals surface area contributed by atoms with Gasteiger partial charge in [-0.3, -0.25) is 9.69 Å². The van der Waals surface area contributed by atoms with Crippen molar-refractivity contribution < 1.29 is 4.79 Å². The maximum absolute atomic E-state index is 12.8. The summed E-state index contributed by atoms with van der Waals surface area (Å²) in [4.78, 5) is 23.9. The third-order valence-corrected chi connectivity index (χ3v) is 6.10. The molecule has 3 heterocycles. The Balaban J connectivity index is 1.14. The molecule has 34 heavy (non-hydrogen) atoms. The van der Waals surface area contributed by atoms with E-state index in [1.165, 1.54) is 5.56 Å². The van der Waals surface area contributed by atoms with Crippen LogP contribution in [-0.4, -0.2) is 44.5 Å². The lowest BCUT2D eigenvalue weighted by molar-refractivity contribution is 0.0904. The smallest absolute Gasteiger partial charge is 0.270 e. The number of benzene rings is 2. The van der Waals surface area contributed by atoms with Crippen LogP contribution in [0.15, 0.2) is 91.5 Å². The average Bonchev–Trinajstić information content (AvgIpc) is 3.42. The molecule has 1 amide bonds. The van der Waals surface area contributed by atoms with E-state index in [-0.39, 0.29) is 11.9 Å². The fourth-order valence-corrected chi connectivity index (χ4v) is 4.24. The first-order valence-corrected chi connectivity index (χ1v) is 11.6. The molecule has 0 spiro atoms. The monoisotopic (exact) mass is 452 g/mol. The van der Waals surface area contributed by atoms with Gasteiger partial charge in [0.2, 0.25) is 0 Å². The first-order chi connectivity index (χ1) is 16.7. The minimum atomic E-state index is -0.124. The van der Waals surface area contributed by atoms with E-state index in [0.717, 1.165) is 43.9 Å². The topological polar surface area (TPSA) is 75.1 Å². The Morgan fingerprint density at radius 2 is 1.74 bits per heavy atom. The third kappa shape index (κ3) is 5.50. The number of hydrogen-bond donors (Lipinski definition) is 2. The lowest BCUT2D eigenvalue weighted by Crippen LogP contribution is -2.44. The number of rotatable bonds is 7. The van der Waals surface area contributed by atoms with Crippen LogP contribution in [0.2, 0.25) is 0 Å². The normalized spacial score (nSPS) is 14.6. The van der Waals surface area contributed by atoms with Crippen molar-refractivity contribution in [2.75, 3.05) is 18.4 Å². The Morgan fingerprint density at radius 3 is 2.47 bits per heavy atom. The molecule has 172 valence electrons. The third-order valence-electron chi connectivity index (χ3n) is 6.10. The molecule has 7 nitrogen and oxygen atoms in total. The van der Waals surface area contributed by atoms with Crippen LogP contribution in [0.3, 0.4) is 0 Å². The molecule has 1 fully saturated rings. The molecular weight excluding hydrogens is 424 g/mol. The zero-order valence-corrected chi connectivity index (χ0v) is 19.0. The minimum absolute atomic E-state index is 0.124. The molecule has 2 aromatic carbocycles. The van der Waals surface area contributed by atoms with Gasteiger partial charge >= 0.3 is 0 Å². The van der Waals surface area contributed by atoms with Gasteiger partial charge in [0.1, 0.15) is 11.5 Å². The van der Waals surface area contributed by atoms with E-state index in [1.807, 2.05) is 53.2 Å². The molecular formula is C27H28N6O. The molecule has 4 aromatic rings. The number of likely N-dealkylation sites (tertiary alicyclic amines) is 1. The molecule has 2 aromatic heterocycles. The van der Waals surface area contributed by atoms with E-state index in [0.29, 0.717) is 11.5 Å². The van der Waals surface area contributed by atoms with Crippen LogP contribution in [0.4, 0.5) is 11.5 Å². The SMILES string of the molecule is O=C(NC1CCN(Cc2ccccc2)CC1)c1cccc(Nc2ccc(-n3ccnc3)cc2)n1. The molecule has 0 aliphatic carbocycles. The highest BCUT2D eigenvalue weighted by Gasteiger charge is 2.21. The van der Waals surface area contributed by atoms with Gasteiger partial charge in [-0.25, -0.2) is 9.97 Å². The molecule has 5 rings (SSSR count). The second-order valence-electron chi connectivity index (χ2n) is 8.56. The minimum Gasteiger partial charge on any atom is -0.348 e. The standard InChI is InChI=1S/C27H28N6O/c34-27(30-23-13-16-32(17-14-23)19-21-5-2-1-3-6-21)25-7-4-8-26(31-25)29-22-9-11-24(12-10-22)33-18-15-28-20-33/h1-12,15,18,20,23H,13-14,16-17,19H2,(H,29,31)(H,30,34). The molecule has 1 aliphatic heterocycles. The van der Waals surface area contributed by atoms with Crippen molar-refractivity contribution in [1.82, 2.24) is 24.8 Å². The Labute approximate surface area is 199 Å². The van der Waals surface area contributed by atoms with Crippen LogP contribution in [0.5, 0.6) is 0 Å². The fraction of sp³-hybridized carbons (Fsp3) is 0.222. The first kappa shape index (κ1) is 21.9. The van der Waals surface area contributed by atoms with Gasteiger partial charge in [0.25, 0.3) is 5.91 Å². The highest BCUT2D eigenvalue weighted by Crippen LogP contribution is 2.18. The lowest BCUT2D eigenvalue weighted by Gasteiger charge is -2.32. The summed E-state index contributed by atoms with van der Waals surface area (Å²) in [5.41, 5.74) is 3.68. The van der Waals surface area contributed by atoms with Crippen LogP contribution < -0.4 is 10.6 Å². The predicted octanol–water partition coefficient (Wildman–Crippen LogP) is 4.41. The number of pyridine rings is 1. The molecule has 0 radical (unpaired) electrons. The predicted molar refractivity (Wildman–Crippen MR) is 133 cm³/mol. The molecule has 7 heteroatoms. The van der Waals surface area contributed by atoms with Gasteiger partial charge in [-0.1, -0.05) is 36.4 Å². The summed E-state index contributed by atoms with van der Waals surface area (Å²) in [6.07, 6.45) is 7.30. The van der Waals surface area contributed by atoms with E-state index in [1.54, 1.807) is 18.6 Å². The fourth-order valence-electron chi connectivity index (χ4n) is 4.24. The number of aromatic nitrogens is 3. The van der Waals surface area contributed by atoms with Crippen LogP contribution in [0.1, 0.15) is 28.9 Å². The highest BCUT2D eigenvalue weighted by molar-refractivity contribution is 5.92. The van der Waals surface area contributed by atoms with Crippen LogP contribution in [0, 0.1) is 0 Å². The van der Waals surface area contributed by atoms with E-state index >= 15 is 0 Å². The summed E-state index contributed by atoms with van der Waals surface area (Å²) >= 11 is 0. The second-order valence-corrected chi connectivity index (χ2v) is 8.56. The summed E-state index contributed by atoms with van der Waals surface area (Å²) in [5, 5.41) is 6.45. The number of amides is 1. The Bertz CT molecular complexity index is 1200. The lowest BCUT2D eigenvalue weighted by atomic mass is 10.0. The van der Waals surface area contributed by atoms with Crippen molar-refractivity contribution in [2.45, 2.75) is 25.4 Å². The van der Waals surface area contributed by atoms with Crippen molar-refractivity contribution in [3.8, 4) is 5.69 Å². The number of anilines is 2. The number of carbonyl (C=O) groups excluding carboxylic acids is 1. The summed E-state index contributed by atoms with van der Waals surface area (Å²) in [6, 6.07) is 24.1. The van der Waals surface area contributed by atoms with Crippen LogP contribution in [-0.2, 0) is 6.54 Å². The molecule has 0 atom stereocenters. The maximum atomic E-state index is 12.8. The number of carbonyl (C=O) groups is 1. The summed E-state index contributed by atoms with van der Waals surface area (Å²) in [7, 11) is 0. The van der Waals surface area contributed by atoms with E-state index in [4.69, 9.17) is 0 Å².